The summed E-state index contributed by atoms with van der Waals surface area (Å²) in [6, 6.07) is 10.0. The molecule has 1 heterocycles. The maximum atomic E-state index is 9.93. The molecule has 1 N–H and O–H groups in total. The summed E-state index contributed by atoms with van der Waals surface area (Å²) in [6.07, 6.45) is 2.02. The minimum Gasteiger partial charge on any atom is -0.393 e. The fraction of sp³-hybridized carbons (Fsp3) is 0.600. The molecule has 3 nitrogen and oxygen atoms in total. The van der Waals surface area contributed by atoms with Crippen molar-refractivity contribution >= 4 is 0 Å². The Morgan fingerprint density at radius 3 is 2.72 bits per heavy atom. The Hall–Kier alpha value is -0.900. The third kappa shape index (κ3) is 2.30. The lowest BCUT2D eigenvalue weighted by molar-refractivity contribution is -0.124. The zero-order valence-corrected chi connectivity index (χ0v) is 10.7. The van der Waals surface area contributed by atoms with Gasteiger partial charge in [-0.1, -0.05) is 37.3 Å². The first-order valence-electron chi connectivity index (χ1n) is 6.69. The molecule has 1 aliphatic heterocycles. The standard InChI is InChI=1S/C15H20O3/c1-11-7-13(16)9-15(8-11)10-17-14(18-15)12-5-3-2-4-6-12/h2-6,11,13-14,16H,7-10H2,1H3/t11-,13+,14-,15+/m0/s1. The van der Waals surface area contributed by atoms with Crippen LogP contribution < -0.4 is 0 Å². The van der Waals surface area contributed by atoms with Crippen LogP contribution in [0.15, 0.2) is 30.3 Å². The Bertz CT molecular complexity index is 393. The fourth-order valence-corrected chi connectivity index (χ4v) is 3.29. The Balaban J connectivity index is 1.74. The van der Waals surface area contributed by atoms with E-state index in [9.17, 15) is 5.11 Å². The lowest BCUT2D eigenvalue weighted by Crippen LogP contribution is -2.42. The van der Waals surface area contributed by atoms with Crippen molar-refractivity contribution in [3.05, 3.63) is 35.9 Å². The molecule has 1 saturated carbocycles. The monoisotopic (exact) mass is 248 g/mol. The fourth-order valence-electron chi connectivity index (χ4n) is 3.29. The molecule has 0 unspecified atom stereocenters. The maximum Gasteiger partial charge on any atom is 0.184 e. The van der Waals surface area contributed by atoms with Gasteiger partial charge in [-0.3, -0.25) is 0 Å². The summed E-state index contributed by atoms with van der Waals surface area (Å²) >= 11 is 0. The second-order valence-electron chi connectivity index (χ2n) is 5.76. The van der Waals surface area contributed by atoms with Crippen LogP contribution in [0.1, 0.15) is 38.0 Å². The second-order valence-corrected chi connectivity index (χ2v) is 5.76. The number of rotatable bonds is 1. The molecule has 18 heavy (non-hydrogen) atoms. The molecule has 2 aliphatic rings. The molecule has 0 bridgehead atoms. The molecule has 1 saturated heterocycles. The molecule has 0 aromatic heterocycles. The molecule has 3 rings (SSSR count). The number of aliphatic hydroxyl groups excluding tert-OH is 1. The Labute approximate surface area is 108 Å². The van der Waals surface area contributed by atoms with Crippen LogP contribution in [0.25, 0.3) is 0 Å². The first kappa shape index (κ1) is 12.2. The number of ether oxygens (including phenoxy) is 2. The van der Waals surface area contributed by atoms with Gasteiger partial charge in [0.25, 0.3) is 0 Å². The molecule has 0 amide bonds. The van der Waals surface area contributed by atoms with Gasteiger partial charge in [0.1, 0.15) is 0 Å². The topological polar surface area (TPSA) is 38.7 Å². The molecule has 98 valence electrons. The number of hydrogen-bond acceptors (Lipinski definition) is 3. The molecule has 4 atom stereocenters. The van der Waals surface area contributed by atoms with E-state index in [-0.39, 0.29) is 18.0 Å². The molecule has 0 radical (unpaired) electrons. The van der Waals surface area contributed by atoms with E-state index in [4.69, 9.17) is 9.47 Å². The number of hydrogen-bond donors (Lipinski definition) is 1. The van der Waals surface area contributed by atoms with E-state index >= 15 is 0 Å². The lowest BCUT2D eigenvalue weighted by atomic mass is 9.78. The first-order chi connectivity index (χ1) is 8.67. The Morgan fingerprint density at radius 1 is 1.22 bits per heavy atom. The van der Waals surface area contributed by atoms with Crippen molar-refractivity contribution in [2.75, 3.05) is 6.61 Å². The zero-order valence-electron chi connectivity index (χ0n) is 10.7. The van der Waals surface area contributed by atoms with E-state index in [0.29, 0.717) is 18.9 Å². The maximum absolute atomic E-state index is 9.93. The molecule has 3 heteroatoms. The summed E-state index contributed by atoms with van der Waals surface area (Å²) in [4.78, 5) is 0. The third-order valence-electron chi connectivity index (χ3n) is 3.93. The largest absolute Gasteiger partial charge is 0.393 e. The quantitative estimate of drug-likeness (QED) is 0.830. The predicted octanol–water partition coefficient (Wildman–Crippen LogP) is 2.65. The van der Waals surface area contributed by atoms with E-state index in [1.165, 1.54) is 0 Å². The number of benzene rings is 1. The SMILES string of the molecule is C[C@H]1C[C@@H](O)C[C@@]2(CO[C@H](c3ccccc3)O2)C1. The van der Waals surface area contributed by atoms with Crippen LogP contribution in [0.5, 0.6) is 0 Å². The highest BCUT2D eigenvalue weighted by Crippen LogP contribution is 2.44. The molecule has 2 fully saturated rings. The van der Waals surface area contributed by atoms with E-state index in [0.717, 1.165) is 18.4 Å². The Morgan fingerprint density at radius 2 is 2.00 bits per heavy atom. The minimum atomic E-state index is -0.280. The molecule has 1 spiro atoms. The van der Waals surface area contributed by atoms with Crippen LogP contribution in [0.2, 0.25) is 0 Å². The van der Waals surface area contributed by atoms with Gasteiger partial charge < -0.3 is 14.6 Å². The summed E-state index contributed by atoms with van der Waals surface area (Å²) < 4.78 is 11.9. The van der Waals surface area contributed by atoms with E-state index in [2.05, 4.69) is 6.92 Å². The van der Waals surface area contributed by atoms with Crippen LogP contribution in [-0.2, 0) is 9.47 Å². The summed E-state index contributed by atoms with van der Waals surface area (Å²) in [7, 11) is 0. The summed E-state index contributed by atoms with van der Waals surface area (Å²) in [5, 5.41) is 9.93. The van der Waals surface area contributed by atoms with Gasteiger partial charge in [0.15, 0.2) is 6.29 Å². The smallest absolute Gasteiger partial charge is 0.184 e. The molecule has 1 aromatic carbocycles. The van der Waals surface area contributed by atoms with E-state index in [1.807, 2.05) is 30.3 Å². The average molecular weight is 248 g/mol. The predicted molar refractivity (Wildman–Crippen MR) is 68.0 cm³/mol. The summed E-state index contributed by atoms with van der Waals surface area (Å²) in [5.41, 5.74) is 0.777. The van der Waals surface area contributed by atoms with Crippen molar-refractivity contribution in [3.8, 4) is 0 Å². The van der Waals surface area contributed by atoms with E-state index in [1.54, 1.807) is 0 Å². The van der Waals surface area contributed by atoms with Crippen LogP contribution >= 0.6 is 0 Å². The normalized spacial score (nSPS) is 40.2. The van der Waals surface area contributed by atoms with Crippen molar-refractivity contribution in [2.24, 2.45) is 5.92 Å². The van der Waals surface area contributed by atoms with Crippen LogP contribution in [0, 0.1) is 5.92 Å². The minimum absolute atomic E-state index is 0.258. The van der Waals surface area contributed by atoms with Crippen LogP contribution in [0.4, 0.5) is 0 Å². The van der Waals surface area contributed by atoms with Gasteiger partial charge in [-0.2, -0.15) is 0 Å². The van der Waals surface area contributed by atoms with E-state index < -0.39 is 0 Å². The second kappa shape index (κ2) is 4.65. The first-order valence-corrected chi connectivity index (χ1v) is 6.69. The van der Waals surface area contributed by atoms with Gasteiger partial charge in [0.2, 0.25) is 0 Å². The van der Waals surface area contributed by atoms with Gasteiger partial charge >= 0.3 is 0 Å². The zero-order chi connectivity index (χ0) is 12.6. The highest BCUT2D eigenvalue weighted by molar-refractivity contribution is 5.17. The van der Waals surface area contributed by atoms with Gasteiger partial charge in [-0.15, -0.1) is 0 Å². The highest BCUT2D eigenvalue weighted by atomic mass is 16.7. The summed E-state index contributed by atoms with van der Waals surface area (Å²) in [6.45, 7) is 2.76. The van der Waals surface area contributed by atoms with Gasteiger partial charge in [-0.05, 0) is 18.8 Å². The molecular formula is C15H20O3. The summed E-state index contributed by atoms with van der Waals surface area (Å²) in [5.74, 6) is 0.492. The van der Waals surface area contributed by atoms with Gasteiger partial charge in [-0.25, -0.2) is 0 Å². The van der Waals surface area contributed by atoms with Crippen molar-refractivity contribution in [1.82, 2.24) is 0 Å². The van der Waals surface area contributed by atoms with Crippen molar-refractivity contribution in [3.63, 3.8) is 0 Å². The number of aliphatic hydroxyl groups is 1. The van der Waals surface area contributed by atoms with Crippen LogP contribution in [-0.4, -0.2) is 23.4 Å². The molecular weight excluding hydrogens is 228 g/mol. The van der Waals surface area contributed by atoms with Crippen LogP contribution in [0.3, 0.4) is 0 Å². The van der Waals surface area contributed by atoms with Crippen molar-refractivity contribution < 1.29 is 14.6 Å². The highest BCUT2D eigenvalue weighted by Gasteiger charge is 2.46. The average Bonchev–Trinajstić information content (AvgIpc) is 2.72. The lowest BCUT2D eigenvalue weighted by Gasteiger charge is -2.37. The van der Waals surface area contributed by atoms with Gasteiger partial charge in [0.05, 0.1) is 18.3 Å². The van der Waals surface area contributed by atoms with Gasteiger partial charge in [0, 0.05) is 12.0 Å². The van der Waals surface area contributed by atoms with Crippen molar-refractivity contribution in [1.29, 1.82) is 0 Å². The van der Waals surface area contributed by atoms with Crippen molar-refractivity contribution in [2.45, 2.75) is 44.2 Å². The third-order valence-corrected chi connectivity index (χ3v) is 3.93. The molecule has 1 aromatic rings. The Kier molecular flexibility index (Phi) is 3.14. The molecule has 1 aliphatic carbocycles.